The minimum atomic E-state index is 0.323. The Hall–Kier alpha value is -1.52. The molecule has 0 amide bonds. The molecule has 1 aliphatic rings. The summed E-state index contributed by atoms with van der Waals surface area (Å²) in [5, 5.41) is 3.29. The van der Waals surface area contributed by atoms with Crippen LogP contribution >= 0.6 is 0 Å². The summed E-state index contributed by atoms with van der Waals surface area (Å²) in [6.45, 7) is 4.71. The number of hydrogen-bond acceptors (Lipinski definition) is 1. The lowest BCUT2D eigenvalue weighted by Gasteiger charge is -2.10. The van der Waals surface area contributed by atoms with Crippen LogP contribution in [0.5, 0.6) is 0 Å². The fourth-order valence-corrected chi connectivity index (χ4v) is 1.92. The van der Waals surface area contributed by atoms with E-state index in [1.54, 1.807) is 0 Å². The summed E-state index contributed by atoms with van der Waals surface area (Å²) in [6.07, 6.45) is 6.23. The first-order chi connectivity index (χ1) is 6.83. The Morgan fingerprint density at radius 1 is 1.50 bits per heavy atom. The van der Waals surface area contributed by atoms with Crippen molar-refractivity contribution in [1.82, 2.24) is 5.32 Å². The molecule has 0 aliphatic heterocycles. The average molecular weight is 183 g/mol. The van der Waals surface area contributed by atoms with Crippen LogP contribution in [0, 0.1) is 12.3 Å². The average Bonchev–Trinajstić information content (AvgIpc) is 2.54. The first-order valence-corrected chi connectivity index (χ1v) is 4.77. The minimum Gasteiger partial charge on any atom is -0.299 e. The van der Waals surface area contributed by atoms with E-state index >= 15 is 0 Å². The molecule has 1 nitrogen and oxygen atoms in total. The summed E-state index contributed by atoms with van der Waals surface area (Å²) in [5.74, 6) is 2.59. The third-order valence-electron chi connectivity index (χ3n) is 2.66. The van der Waals surface area contributed by atoms with E-state index in [0.717, 1.165) is 12.0 Å². The summed E-state index contributed by atoms with van der Waals surface area (Å²) >= 11 is 0. The third kappa shape index (κ3) is 1.45. The Labute approximate surface area is 84.8 Å². The maximum Gasteiger partial charge on any atom is 0.0578 e. The van der Waals surface area contributed by atoms with Gasteiger partial charge in [0.15, 0.2) is 0 Å². The number of benzene rings is 1. The Balaban J connectivity index is 2.18. The van der Waals surface area contributed by atoms with E-state index in [-0.39, 0.29) is 0 Å². The lowest BCUT2D eigenvalue weighted by Crippen LogP contribution is -2.28. The molecule has 0 fully saturated rings. The first-order valence-electron chi connectivity index (χ1n) is 4.77. The van der Waals surface area contributed by atoms with Gasteiger partial charge in [-0.15, -0.1) is 6.42 Å². The predicted octanol–water partition coefficient (Wildman–Crippen LogP) is 1.85. The summed E-state index contributed by atoms with van der Waals surface area (Å²) < 4.78 is 0. The largest absolute Gasteiger partial charge is 0.299 e. The molecule has 1 aliphatic carbocycles. The van der Waals surface area contributed by atoms with E-state index in [0.29, 0.717) is 12.6 Å². The van der Waals surface area contributed by atoms with Crippen molar-refractivity contribution in [3.8, 4) is 12.3 Å². The Morgan fingerprint density at radius 2 is 2.29 bits per heavy atom. The molecule has 14 heavy (non-hydrogen) atoms. The smallest absolute Gasteiger partial charge is 0.0578 e. The Kier molecular flexibility index (Phi) is 2.39. The molecule has 0 saturated heterocycles. The molecule has 0 bridgehead atoms. The van der Waals surface area contributed by atoms with Gasteiger partial charge in [-0.1, -0.05) is 36.8 Å². The highest BCUT2D eigenvalue weighted by Gasteiger charge is 2.23. The second-order valence-electron chi connectivity index (χ2n) is 3.52. The summed E-state index contributed by atoms with van der Waals surface area (Å²) in [4.78, 5) is 0. The quantitative estimate of drug-likeness (QED) is 0.690. The van der Waals surface area contributed by atoms with E-state index in [1.807, 2.05) is 6.07 Å². The zero-order chi connectivity index (χ0) is 9.97. The highest BCUT2D eigenvalue weighted by molar-refractivity contribution is 5.74. The summed E-state index contributed by atoms with van der Waals surface area (Å²) in [5.41, 5.74) is 3.81. The van der Waals surface area contributed by atoms with Gasteiger partial charge >= 0.3 is 0 Å². The normalized spacial score (nSPS) is 19.1. The SMILES string of the molecule is C#CCNC1Cc2ccccc2C1=C. The monoisotopic (exact) mass is 183 g/mol. The van der Waals surface area contributed by atoms with Gasteiger partial charge in [0.05, 0.1) is 6.54 Å². The second-order valence-corrected chi connectivity index (χ2v) is 3.52. The van der Waals surface area contributed by atoms with Crippen LogP contribution in [0.3, 0.4) is 0 Å². The van der Waals surface area contributed by atoms with Gasteiger partial charge in [0, 0.05) is 6.04 Å². The van der Waals surface area contributed by atoms with Crippen molar-refractivity contribution in [3.63, 3.8) is 0 Å². The lowest BCUT2D eigenvalue weighted by molar-refractivity contribution is 0.671. The summed E-state index contributed by atoms with van der Waals surface area (Å²) in [7, 11) is 0. The van der Waals surface area contributed by atoms with Crippen molar-refractivity contribution in [2.75, 3.05) is 6.54 Å². The van der Waals surface area contributed by atoms with Gasteiger partial charge in [0.1, 0.15) is 0 Å². The maximum atomic E-state index is 5.21. The molecule has 0 spiro atoms. The number of rotatable bonds is 2. The van der Waals surface area contributed by atoms with Crippen LogP contribution in [-0.4, -0.2) is 12.6 Å². The molecular weight excluding hydrogens is 170 g/mol. The Bertz CT molecular complexity index is 398. The number of hydrogen-bond donors (Lipinski definition) is 1. The van der Waals surface area contributed by atoms with Gasteiger partial charge < -0.3 is 0 Å². The van der Waals surface area contributed by atoms with Crippen molar-refractivity contribution in [2.24, 2.45) is 0 Å². The van der Waals surface area contributed by atoms with Crippen LogP contribution in [0.1, 0.15) is 11.1 Å². The van der Waals surface area contributed by atoms with Crippen molar-refractivity contribution in [3.05, 3.63) is 42.0 Å². The molecule has 70 valence electrons. The van der Waals surface area contributed by atoms with Crippen molar-refractivity contribution in [1.29, 1.82) is 0 Å². The Morgan fingerprint density at radius 3 is 3.00 bits per heavy atom. The van der Waals surface area contributed by atoms with Gasteiger partial charge in [-0.3, -0.25) is 5.32 Å². The summed E-state index contributed by atoms with van der Waals surface area (Å²) in [6, 6.07) is 8.71. The fourth-order valence-electron chi connectivity index (χ4n) is 1.92. The molecule has 2 rings (SSSR count). The molecule has 1 aromatic carbocycles. The van der Waals surface area contributed by atoms with Crippen molar-refractivity contribution >= 4 is 5.57 Å². The molecule has 0 saturated carbocycles. The lowest BCUT2D eigenvalue weighted by atomic mass is 10.1. The van der Waals surface area contributed by atoms with Gasteiger partial charge in [0.25, 0.3) is 0 Å². The zero-order valence-electron chi connectivity index (χ0n) is 8.09. The molecule has 1 aromatic rings. The molecule has 1 atom stereocenters. The topological polar surface area (TPSA) is 12.0 Å². The predicted molar refractivity (Wildman–Crippen MR) is 59.8 cm³/mol. The molecule has 0 aromatic heterocycles. The number of terminal acetylenes is 1. The molecule has 0 heterocycles. The van der Waals surface area contributed by atoms with Crippen LogP contribution in [0.2, 0.25) is 0 Å². The van der Waals surface area contributed by atoms with Crippen LogP contribution in [0.25, 0.3) is 5.57 Å². The highest BCUT2D eigenvalue weighted by atomic mass is 14.9. The standard InChI is InChI=1S/C13H13N/c1-3-8-14-13-9-11-6-4-5-7-12(11)10(13)2/h1,4-7,13-14H,2,8-9H2. The van der Waals surface area contributed by atoms with Crippen LogP contribution in [0.15, 0.2) is 30.8 Å². The van der Waals surface area contributed by atoms with Crippen LogP contribution < -0.4 is 5.32 Å². The number of fused-ring (bicyclic) bond motifs is 1. The van der Waals surface area contributed by atoms with E-state index in [1.165, 1.54) is 11.1 Å². The van der Waals surface area contributed by atoms with Crippen molar-refractivity contribution in [2.45, 2.75) is 12.5 Å². The van der Waals surface area contributed by atoms with Crippen LogP contribution in [0.4, 0.5) is 0 Å². The minimum absolute atomic E-state index is 0.323. The first kappa shape index (κ1) is 9.05. The van der Waals surface area contributed by atoms with Gasteiger partial charge in [0.2, 0.25) is 0 Å². The number of nitrogens with one attached hydrogen (secondary N) is 1. The van der Waals surface area contributed by atoms with Crippen molar-refractivity contribution < 1.29 is 0 Å². The molecule has 1 unspecified atom stereocenters. The van der Waals surface area contributed by atoms with Gasteiger partial charge in [-0.25, -0.2) is 0 Å². The molecule has 1 N–H and O–H groups in total. The van der Waals surface area contributed by atoms with E-state index in [4.69, 9.17) is 6.42 Å². The van der Waals surface area contributed by atoms with Gasteiger partial charge in [-0.2, -0.15) is 0 Å². The van der Waals surface area contributed by atoms with E-state index in [2.05, 4.69) is 36.0 Å². The van der Waals surface area contributed by atoms with E-state index < -0.39 is 0 Å². The van der Waals surface area contributed by atoms with Crippen LogP contribution in [-0.2, 0) is 6.42 Å². The molecular formula is C13H13N. The highest BCUT2D eigenvalue weighted by Crippen LogP contribution is 2.30. The fraction of sp³-hybridized carbons (Fsp3) is 0.231. The maximum absolute atomic E-state index is 5.21. The third-order valence-corrected chi connectivity index (χ3v) is 2.66. The zero-order valence-corrected chi connectivity index (χ0v) is 8.09. The second kappa shape index (κ2) is 3.69. The van der Waals surface area contributed by atoms with E-state index in [9.17, 15) is 0 Å². The van der Waals surface area contributed by atoms with Gasteiger partial charge in [-0.05, 0) is 23.1 Å². The molecule has 1 heteroatoms. The molecule has 0 radical (unpaired) electrons.